The summed E-state index contributed by atoms with van der Waals surface area (Å²) >= 11 is 0. The van der Waals surface area contributed by atoms with Crippen molar-refractivity contribution in [2.24, 2.45) is 0 Å². The molecule has 1 aromatic rings. The van der Waals surface area contributed by atoms with Gasteiger partial charge in [0.15, 0.2) is 0 Å². The Morgan fingerprint density at radius 2 is 2.11 bits per heavy atom. The molecule has 1 aliphatic heterocycles. The van der Waals surface area contributed by atoms with Crippen LogP contribution in [0.5, 0.6) is 5.75 Å². The molecule has 2 atom stereocenters. The quantitative estimate of drug-likeness (QED) is 0.409. The van der Waals surface area contributed by atoms with E-state index in [4.69, 9.17) is 14.2 Å². The summed E-state index contributed by atoms with van der Waals surface area (Å²) in [6.07, 6.45) is 4.09. The summed E-state index contributed by atoms with van der Waals surface area (Å²) in [6, 6.07) is 7.94. The third-order valence-electron chi connectivity index (χ3n) is 3.54. The van der Waals surface area contributed by atoms with Crippen molar-refractivity contribution in [3.8, 4) is 5.75 Å². The van der Waals surface area contributed by atoms with E-state index in [0.717, 1.165) is 30.8 Å². The van der Waals surface area contributed by atoms with Crippen LogP contribution in [0.15, 0.2) is 36.9 Å². The van der Waals surface area contributed by atoms with Crippen LogP contribution in [-0.2, 0) is 16.1 Å². The highest BCUT2D eigenvalue weighted by Gasteiger charge is 2.50. The maximum Gasteiger partial charge on any atom is 0.118 e. The van der Waals surface area contributed by atoms with E-state index in [-0.39, 0.29) is 5.60 Å². The van der Waals surface area contributed by atoms with Crippen molar-refractivity contribution in [1.29, 1.82) is 0 Å². The number of epoxide rings is 1. The van der Waals surface area contributed by atoms with Gasteiger partial charge in [0.25, 0.3) is 0 Å². The molecule has 0 aromatic heterocycles. The molecule has 0 amide bonds. The standard InChI is InChI=1S/C16H22O3/c1-4-10-16(2)15(19-16)9-11-18-12-13-5-7-14(17-3)8-6-13/h4-8,15H,1,9-12H2,2-3H3/t15-,16+/m1/s1. The summed E-state index contributed by atoms with van der Waals surface area (Å²) in [7, 11) is 1.67. The summed E-state index contributed by atoms with van der Waals surface area (Å²) in [6.45, 7) is 7.24. The second kappa shape index (κ2) is 6.22. The Labute approximate surface area is 115 Å². The van der Waals surface area contributed by atoms with Gasteiger partial charge >= 0.3 is 0 Å². The fourth-order valence-corrected chi connectivity index (χ4v) is 2.22. The summed E-state index contributed by atoms with van der Waals surface area (Å²) in [4.78, 5) is 0. The molecule has 3 heteroatoms. The van der Waals surface area contributed by atoms with Crippen molar-refractivity contribution in [3.63, 3.8) is 0 Å². The second-order valence-electron chi connectivity index (χ2n) is 5.10. The molecular weight excluding hydrogens is 240 g/mol. The molecule has 3 nitrogen and oxygen atoms in total. The Morgan fingerprint density at radius 1 is 1.37 bits per heavy atom. The van der Waals surface area contributed by atoms with Crippen LogP contribution in [0.2, 0.25) is 0 Å². The van der Waals surface area contributed by atoms with Crippen LogP contribution in [0, 0.1) is 0 Å². The largest absolute Gasteiger partial charge is 0.497 e. The predicted molar refractivity (Wildman–Crippen MR) is 75.4 cm³/mol. The van der Waals surface area contributed by atoms with Crippen LogP contribution in [-0.4, -0.2) is 25.4 Å². The lowest BCUT2D eigenvalue weighted by Crippen LogP contribution is -2.10. The number of benzene rings is 1. The van der Waals surface area contributed by atoms with E-state index >= 15 is 0 Å². The molecular formula is C16H22O3. The summed E-state index contributed by atoms with van der Waals surface area (Å²) in [5.41, 5.74) is 1.16. The van der Waals surface area contributed by atoms with E-state index in [1.54, 1.807) is 7.11 Å². The number of hydrogen-bond donors (Lipinski definition) is 0. The van der Waals surface area contributed by atoms with Crippen LogP contribution in [0.3, 0.4) is 0 Å². The third-order valence-corrected chi connectivity index (χ3v) is 3.54. The Bertz CT molecular complexity index is 413. The highest BCUT2D eigenvalue weighted by molar-refractivity contribution is 5.26. The van der Waals surface area contributed by atoms with Crippen molar-refractivity contribution >= 4 is 0 Å². The molecule has 1 aliphatic rings. The highest BCUT2D eigenvalue weighted by atomic mass is 16.6. The van der Waals surface area contributed by atoms with Gasteiger partial charge in [-0.2, -0.15) is 0 Å². The summed E-state index contributed by atoms with van der Waals surface area (Å²) in [5, 5.41) is 0. The minimum absolute atomic E-state index is 0.00518. The monoisotopic (exact) mass is 262 g/mol. The van der Waals surface area contributed by atoms with Gasteiger partial charge in [-0.3, -0.25) is 0 Å². The molecule has 1 heterocycles. The van der Waals surface area contributed by atoms with E-state index in [9.17, 15) is 0 Å². The van der Waals surface area contributed by atoms with Crippen molar-refractivity contribution in [2.75, 3.05) is 13.7 Å². The molecule has 104 valence electrons. The van der Waals surface area contributed by atoms with Gasteiger partial charge < -0.3 is 14.2 Å². The maximum absolute atomic E-state index is 5.67. The third kappa shape index (κ3) is 3.82. The number of rotatable bonds is 8. The fourth-order valence-electron chi connectivity index (χ4n) is 2.22. The Morgan fingerprint density at radius 3 is 2.74 bits per heavy atom. The smallest absolute Gasteiger partial charge is 0.118 e. The van der Waals surface area contributed by atoms with E-state index in [1.807, 2.05) is 30.3 Å². The molecule has 1 fully saturated rings. The molecule has 0 N–H and O–H groups in total. The van der Waals surface area contributed by atoms with E-state index < -0.39 is 0 Å². The molecule has 19 heavy (non-hydrogen) atoms. The van der Waals surface area contributed by atoms with Gasteiger partial charge in [0.1, 0.15) is 5.75 Å². The van der Waals surface area contributed by atoms with Gasteiger partial charge in [-0.25, -0.2) is 0 Å². The van der Waals surface area contributed by atoms with Crippen LogP contribution >= 0.6 is 0 Å². The first-order valence-electron chi connectivity index (χ1n) is 6.67. The average molecular weight is 262 g/mol. The first-order chi connectivity index (χ1) is 9.18. The van der Waals surface area contributed by atoms with E-state index in [2.05, 4.69) is 13.5 Å². The van der Waals surface area contributed by atoms with Gasteiger partial charge in [-0.15, -0.1) is 6.58 Å². The zero-order chi connectivity index (χ0) is 13.7. The first-order valence-corrected chi connectivity index (χ1v) is 6.67. The van der Waals surface area contributed by atoms with Gasteiger partial charge in [0, 0.05) is 6.61 Å². The molecule has 2 rings (SSSR count). The van der Waals surface area contributed by atoms with Crippen molar-refractivity contribution in [2.45, 2.75) is 38.1 Å². The molecule has 0 radical (unpaired) electrons. The minimum Gasteiger partial charge on any atom is -0.497 e. The Hall–Kier alpha value is -1.32. The molecule has 0 unspecified atom stereocenters. The Kier molecular flexibility index (Phi) is 4.61. The second-order valence-corrected chi connectivity index (χ2v) is 5.10. The van der Waals surface area contributed by atoms with Crippen molar-refractivity contribution in [3.05, 3.63) is 42.5 Å². The molecule has 0 aliphatic carbocycles. The molecule has 1 saturated heterocycles. The number of ether oxygens (including phenoxy) is 3. The van der Waals surface area contributed by atoms with Gasteiger partial charge in [0.2, 0.25) is 0 Å². The van der Waals surface area contributed by atoms with E-state index in [1.165, 1.54) is 0 Å². The lowest BCUT2D eigenvalue weighted by molar-refractivity contribution is 0.113. The number of methoxy groups -OCH3 is 1. The number of hydrogen-bond acceptors (Lipinski definition) is 3. The van der Waals surface area contributed by atoms with Crippen LogP contribution in [0.1, 0.15) is 25.3 Å². The summed E-state index contributed by atoms with van der Waals surface area (Å²) < 4.78 is 16.4. The highest BCUT2D eigenvalue weighted by Crippen LogP contribution is 2.41. The molecule has 0 bridgehead atoms. The average Bonchev–Trinajstić information content (AvgIpc) is 3.06. The van der Waals surface area contributed by atoms with Crippen LogP contribution < -0.4 is 4.74 Å². The predicted octanol–water partition coefficient (Wildman–Crippen LogP) is 3.34. The fraction of sp³-hybridized carbons (Fsp3) is 0.500. The maximum atomic E-state index is 5.67. The minimum atomic E-state index is 0.00518. The lowest BCUT2D eigenvalue weighted by atomic mass is 10.0. The van der Waals surface area contributed by atoms with E-state index in [0.29, 0.717) is 12.7 Å². The first kappa shape index (κ1) is 14.1. The zero-order valence-corrected chi connectivity index (χ0v) is 11.7. The topological polar surface area (TPSA) is 31.0 Å². The van der Waals surface area contributed by atoms with Crippen LogP contribution in [0.4, 0.5) is 0 Å². The van der Waals surface area contributed by atoms with Crippen LogP contribution in [0.25, 0.3) is 0 Å². The summed E-state index contributed by atoms with van der Waals surface area (Å²) in [5.74, 6) is 0.871. The van der Waals surface area contributed by atoms with Gasteiger partial charge in [-0.05, 0) is 37.5 Å². The van der Waals surface area contributed by atoms with Gasteiger partial charge in [0.05, 0.1) is 25.4 Å². The molecule has 1 aromatic carbocycles. The van der Waals surface area contributed by atoms with Gasteiger partial charge in [-0.1, -0.05) is 18.2 Å². The SMILES string of the molecule is C=CC[C@]1(C)O[C@@H]1CCOCc1ccc(OC)cc1. The van der Waals surface area contributed by atoms with Crippen molar-refractivity contribution in [1.82, 2.24) is 0 Å². The van der Waals surface area contributed by atoms with Crippen molar-refractivity contribution < 1.29 is 14.2 Å². The molecule has 0 saturated carbocycles. The Balaban J connectivity index is 1.63. The lowest BCUT2D eigenvalue weighted by Gasteiger charge is -2.05. The zero-order valence-electron chi connectivity index (χ0n) is 11.7. The molecule has 0 spiro atoms. The normalized spacial score (nSPS) is 25.1.